The highest BCUT2D eigenvalue weighted by Gasteiger charge is 2.44. The Morgan fingerprint density at radius 2 is 2.33 bits per heavy atom. The largest absolute Gasteiger partial charge is 0.394 e. The Morgan fingerprint density at radius 1 is 1.50 bits per heavy atom. The summed E-state index contributed by atoms with van der Waals surface area (Å²) >= 11 is 0. The second-order valence-corrected chi connectivity index (χ2v) is 5.83. The molecule has 0 amide bonds. The topological polar surface area (TPSA) is 127 Å². The Bertz CT molecular complexity index is 866. The summed E-state index contributed by atoms with van der Waals surface area (Å²) in [5.41, 5.74) is 8.16. The van der Waals surface area contributed by atoms with Crippen LogP contribution in [0.3, 0.4) is 0 Å². The zero-order valence-electron chi connectivity index (χ0n) is 12.8. The third-order valence-electron chi connectivity index (χ3n) is 4.47. The number of nitrogens with zero attached hydrogens (tertiary/aromatic N) is 5. The number of aromatic amines is 1. The number of alkyl halides is 1. The predicted molar refractivity (Wildman–Crippen MR) is 81.5 cm³/mol. The van der Waals surface area contributed by atoms with Gasteiger partial charge in [-0.1, -0.05) is 6.92 Å². The van der Waals surface area contributed by atoms with Crippen molar-refractivity contribution in [3.05, 3.63) is 24.3 Å². The number of fused-ring (bicyclic) bond motifs is 1. The van der Waals surface area contributed by atoms with Crippen molar-refractivity contribution in [2.75, 3.05) is 12.3 Å². The molecule has 0 aromatic carbocycles. The first kappa shape index (κ1) is 15.0. The molecule has 10 heteroatoms. The van der Waals surface area contributed by atoms with Crippen LogP contribution in [-0.2, 0) is 4.74 Å². The molecule has 0 radical (unpaired) electrons. The zero-order valence-corrected chi connectivity index (χ0v) is 12.8. The second-order valence-electron chi connectivity index (χ2n) is 5.83. The number of nitrogen functional groups attached to an aromatic ring is 1. The summed E-state index contributed by atoms with van der Waals surface area (Å²) in [5, 5.41) is 23.9. The monoisotopic (exact) mass is 333 g/mol. The first-order valence-electron chi connectivity index (χ1n) is 7.50. The number of nitrogens with one attached hydrogen (secondary N) is 1. The first-order chi connectivity index (χ1) is 11.6. The summed E-state index contributed by atoms with van der Waals surface area (Å²) in [6, 6.07) is 1.72. The maximum atomic E-state index is 14.7. The average molecular weight is 333 g/mol. The third-order valence-corrected chi connectivity index (χ3v) is 4.47. The van der Waals surface area contributed by atoms with Crippen molar-refractivity contribution in [2.24, 2.45) is 5.92 Å². The molecule has 1 aliphatic heterocycles. The van der Waals surface area contributed by atoms with Crippen molar-refractivity contribution >= 4 is 11.3 Å². The quantitative estimate of drug-likeness (QED) is 0.637. The summed E-state index contributed by atoms with van der Waals surface area (Å²) in [5.74, 6) is -0.186. The highest BCUT2D eigenvalue weighted by Crippen LogP contribution is 2.41. The lowest BCUT2D eigenvalue weighted by atomic mass is 9.98. The lowest BCUT2D eigenvalue weighted by Crippen LogP contribution is -2.21. The maximum Gasteiger partial charge on any atom is 0.152 e. The van der Waals surface area contributed by atoms with E-state index in [1.165, 1.54) is 17.0 Å². The molecule has 0 saturated carbocycles. The van der Waals surface area contributed by atoms with E-state index >= 15 is 0 Å². The lowest BCUT2D eigenvalue weighted by molar-refractivity contribution is -0.00711. The van der Waals surface area contributed by atoms with E-state index in [-0.39, 0.29) is 12.4 Å². The molecule has 0 unspecified atom stereocenters. The molecule has 4 heterocycles. The van der Waals surface area contributed by atoms with E-state index in [2.05, 4.69) is 25.5 Å². The van der Waals surface area contributed by atoms with Gasteiger partial charge in [-0.3, -0.25) is 0 Å². The van der Waals surface area contributed by atoms with Gasteiger partial charge in [0.1, 0.15) is 29.8 Å². The fourth-order valence-corrected chi connectivity index (χ4v) is 3.13. The van der Waals surface area contributed by atoms with E-state index < -0.39 is 24.3 Å². The minimum absolute atomic E-state index is 0.241. The number of aliphatic hydroxyl groups is 1. The Hall–Kier alpha value is -2.59. The third kappa shape index (κ3) is 2.07. The van der Waals surface area contributed by atoms with E-state index in [0.29, 0.717) is 22.5 Å². The van der Waals surface area contributed by atoms with Crippen molar-refractivity contribution in [1.29, 1.82) is 0 Å². The number of hydrogen-bond donors (Lipinski definition) is 3. The van der Waals surface area contributed by atoms with Gasteiger partial charge in [-0.2, -0.15) is 20.5 Å². The number of aromatic nitrogens is 6. The summed E-state index contributed by atoms with van der Waals surface area (Å²) in [7, 11) is 0. The van der Waals surface area contributed by atoms with Crippen molar-refractivity contribution in [1.82, 2.24) is 30.0 Å². The van der Waals surface area contributed by atoms with Crippen molar-refractivity contribution in [2.45, 2.75) is 25.3 Å². The van der Waals surface area contributed by atoms with Crippen LogP contribution in [0.2, 0.25) is 0 Å². The number of aliphatic hydroxyl groups excluding tert-OH is 1. The van der Waals surface area contributed by atoms with Gasteiger partial charge in [-0.25, -0.2) is 13.9 Å². The number of ether oxygens (including phenoxy) is 1. The van der Waals surface area contributed by atoms with Crippen molar-refractivity contribution < 1.29 is 14.2 Å². The fourth-order valence-electron chi connectivity index (χ4n) is 3.13. The molecule has 0 bridgehead atoms. The Labute approximate surface area is 135 Å². The number of rotatable bonds is 3. The van der Waals surface area contributed by atoms with Crippen molar-refractivity contribution in [3.8, 4) is 11.3 Å². The molecule has 4 atom stereocenters. The molecule has 1 fully saturated rings. The van der Waals surface area contributed by atoms with Gasteiger partial charge in [0, 0.05) is 11.5 Å². The SMILES string of the molecule is C[C@H]1[C@H](F)[C@H](c2cc(-c3cn[nH]n3)c3c(N)ncnn23)O[C@@H]1CO. The summed E-state index contributed by atoms with van der Waals surface area (Å²) in [4.78, 5) is 4.00. The van der Waals surface area contributed by atoms with Crippen LogP contribution in [0, 0.1) is 5.92 Å². The molecule has 24 heavy (non-hydrogen) atoms. The smallest absolute Gasteiger partial charge is 0.152 e. The molecule has 9 nitrogen and oxygen atoms in total. The molecule has 3 aromatic rings. The van der Waals surface area contributed by atoms with Gasteiger partial charge in [0.25, 0.3) is 0 Å². The number of hydrogen-bond acceptors (Lipinski definition) is 7. The van der Waals surface area contributed by atoms with Crippen LogP contribution >= 0.6 is 0 Å². The molecular weight excluding hydrogens is 317 g/mol. The highest BCUT2D eigenvalue weighted by atomic mass is 19.1. The number of halogens is 1. The molecule has 0 aliphatic carbocycles. The molecule has 1 saturated heterocycles. The first-order valence-corrected chi connectivity index (χ1v) is 7.50. The number of anilines is 1. The molecule has 4 rings (SSSR count). The van der Waals surface area contributed by atoms with Crippen LogP contribution in [0.5, 0.6) is 0 Å². The standard InChI is InChI=1S/C14H16FN7O2/c1-6-10(4-23)24-13(11(6)15)9-2-7(8-3-18-21-20-8)12-14(16)17-5-19-22(9)12/h2-3,5-6,10-11,13,23H,4H2,1H3,(H2,16,17,19)(H,18,20,21)/t6-,10-,11+,13+/m1/s1. The summed E-state index contributed by atoms with van der Waals surface area (Å²) in [6.07, 6.45) is 0.132. The minimum atomic E-state index is -1.28. The molecule has 4 N–H and O–H groups in total. The average Bonchev–Trinajstić information content (AvgIpc) is 3.28. The van der Waals surface area contributed by atoms with Crippen molar-refractivity contribution in [3.63, 3.8) is 0 Å². The van der Waals surface area contributed by atoms with Gasteiger partial charge in [-0.05, 0) is 6.07 Å². The molecule has 126 valence electrons. The Morgan fingerprint density at radius 3 is 3.00 bits per heavy atom. The summed E-state index contributed by atoms with van der Waals surface area (Å²) < 4.78 is 21.9. The predicted octanol–water partition coefficient (Wildman–Crippen LogP) is 0.503. The summed E-state index contributed by atoms with van der Waals surface area (Å²) in [6.45, 7) is 1.47. The molecule has 0 spiro atoms. The van der Waals surface area contributed by atoms with Crippen LogP contribution in [0.1, 0.15) is 18.7 Å². The minimum Gasteiger partial charge on any atom is -0.394 e. The van der Waals surface area contributed by atoms with E-state index in [1.54, 1.807) is 13.0 Å². The molecular formula is C14H16FN7O2. The number of H-pyrrole nitrogens is 1. The van der Waals surface area contributed by atoms with E-state index in [0.717, 1.165) is 0 Å². The van der Waals surface area contributed by atoms with E-state index in [9.17, 15) is 9.50 Å². The van der Waals surface area contributed by atoms with Gasteiger partial charge in [0.05, 0.1) is 24.6 Å². The van der Waals surface area contributed by atoms with Crippen LogP contribution < -0.4 is 5.73 Å². The Balaban J connectivity index is 1.90. The van der Waals surface area contributed by atoms with Crippen LogP contribution in [0.15, 0.2) is 18.6 Å². The number of nitrogens with two attached hydrogens (primary N) is 1. The Kier molecular flexibility index (Phi) is 3.43. The van der Waals surface area contributed by atoms with Crippen LogP contribution in [0.25, 0.3) is 16.8 Å². The molecule has 1 aliphatic rings. The van der Waals surface area contributed by atoms with E-state index in [1.807, 2.05) is 0 Å². The van der Waals surface area contributed by atoms with Crippen LogP contribution in [-0.4, -0.2) is 54.0 Å². The highest BCUT2D eigenvalue weighted by molar-refractivity contribution is 5.86. The van der Waals surface area contributed by atoms with Gasteiger partial charge in [-0.15, -0.1) is 0 Å². The van der Waals surface area contributed by atoms with Gasteiger partial charge in [0.15, 0.2) is 5.82 Å². The zero-order chi connectivity index (χ0) is 16.8. The lowest BCUT2D eigenvalue weighted by Gasteiger charge is -2.13. The maximum absolute atomic E-state index is 14.7. The van der Waals surface area contributed by atoms with E-state index in [4.69, 9.17) is 10.5 Å². The van der Waals surface area contributed by atoms with Gasteiger partial charge < -0.3 is 15.6 Å². The van der Waals surface area contributed by atoms with Gasteiger partial charge >= 0.3 is 0 Å². The second kappa shape index (κ2) is 5.49. The normalized spacial score (nSPS) is 27.1. The van der Waals surface area contributed by atoms with Gasteiger partial charge in [0.2, 0.25) is 0 Å². The fraction of sp³-hybridized carbons (Fsp3) is 0.429. The molecule has 3 aromatic heterocycles. The van der Waals surface area contributed by atoms with Crippen LogP contribution in [0.4, 0.5) is 10.2 Å².